The second-order valence-corrected chi connectivity index (χ2v) is 5.66. The van der Waals surface area contributed by atoms with Crippen molar-refractivity contribution in [3.05, 3.63) is 0 Å². The van der Waals surface area contributed by atoms with E-state index < -0.39 is 0 Å². The van der Waals surface area contributed by atoms with Crippen LogP contribution in [-0.2, 0) is 9.53 Å². The fraction of sp³-hybridized carbons (Fsp3) is 0.923. The Morgan fingerprint density at radius 3 is 3.00 bits per heavy atom. The van der Waals surface area contributed by atoms with Gasteiger partial charge in [0.05, 0.1) is 6.10 Å². The maximum atomic E-state index is 11.4. The van der Waals surface area contributed by atoms with Gasteiger partial charge in [-0.05, 0) is 51.7 Å². The first-order chi connectivity index (χ1) is 9.22. The van der Waals surface area contributed by atoms with E-state index in [1.165, 1.54) is 12.8 Å². The Bertz CT molecular complexity index is 298. The highest BCUT2D eigenvalue weighted by Crippen LogP contribution is 2.23. The van der Waals surface area contributed by atoms with Gasteiger partial charge in [0.1, 0.15) is 6.10 Å². The highest BCUT2D eigenvalue weighted by atomic mass is 16.5. The van der Waals surface area contributed by atoms with Gasteiger partial charge in [0.2, 0.25) is 0 Å². The number of nitrogens with one attached hydrogen (secondary N) is 2. The Kier molecular flexibility index (Phi) is 5.57. The molecule has 2 aliphatic heterocycles. The number of hydrogen-bond donors (Lipinski definition) is 3. The normalized spacial score (nSPS) is 32.4. The van der Waals surface area contributed by atoms with Crippen molar-refractivity contribution in [2.45, 2.75) is 37.9 Å². The molecule has 3 unspecified atom stereocenters. The zero-order valence-electron chi connectivity index (χ0n) is 11.7. The van der Waals surface area contributed by atoms with Crippen LogP contribution in [0.5, 0.6) is 0 Å². The summed E-state index contributed by atoms with van der Waals surface area (Å²) in [5, 5.41) is 3.26. The molecule has 0 saturated carbocycles. The van der Waals surface area contributed by atoms with Crippen molar-refractivity contribution >= 4 is 5.91 Å². The Morgan fingerprint density at radius 1 is 1.42 bits per heavy atom. The minimum atomic E-state index is -0.354. The quantitative estimate of drug-likeness (QED) is 0.355. The molecule has 2 saturated heterocycles. The molecule has 0 aromatic carbocycles. The average molecular weight is 270 g/mol. The Hall–Kier alpha value is -0.690. The summed E-state index contributed by atoms with van der Waals surface area (Å²) in [7, 11) is 2.01. The second kappa shape index (κ2) is 7.19. The van der Waals surface area contributed by atoms with Crippen molar-refractivity contribution in [2.24, 2.45) is 11.8 Å². The topological polar surface area (TPSA) is 79.6 Å². The number of rotatable bonds is 5. The van der Waals surface area contributed by atoms with Crippen LogP contribution in [0, 0.1) is 5.92 Å². The average Bonchev–Trinajstić information content (AvgIpc) is 2.87. The fourth-order valence-corrected chi connectivity index (χ4v) is 3.19. The number of amides is 1. The molecule has 2 heterocycles. The van der Waals surface area contributed by atoms with E-state index in [4.69, 9.17) is 10.6 Å². The molecule has 6 heteroatoms. The SMILES string of the molecule is CNCC1CCCN(CC2CCC(C(=O)NN)O2)C1. The number of nitrogens with two attached hydrogens (primary N) is 1. The third-order valence-corrected chi connectivity index (χ3v) is 4.10. The molecular formula is C13H26N4O2. The number of piperidine rings is 1. The van der Waals surface area contributed by atoms with Crippen LogP contribution in [0.4, 0.5) is 0 Å². The van der Waals surface area contributed by atoms with Crippen LogP contribution in [0.1, 0.15) is 25.7 Å². The van der Waals surface area contributed by atoms with Crippen LogP contribution in [0.3, 0.4) is 0 Å². The number of hydrogen-bond acceptors (Lipinski definition) is 5. The minimum Gasteiger partial charge on any atom is -0.364 e. The first-order valence-electron chi connectivity index (χ1n) is 7.25. The molecule has 2 rings (SSSR count). The van der Waals surface area contributed by atoms with Gasteiger partial charge in [-0.25, -0.2) is 5.84 Å². The molecule has 6 nitrogen and oxygen atoms in total. The lowest BCUT2D eigenvalue weighted by Crippen LogP contribution is -2.43. The maximum absolute atomic E-state index is 11.4. The Balaban J connectivity index is 1.74. The van der Waals surface area contributed by atoms with Gasteiger partial charge in [-0.1, -0.05) is 0 Å². The van der Waals surface area contributed by atoms with E-state index >= 15 is 0 Å². The van der Waals surface area contributed by atoms with Gasteiger partial charge in [-0.15, -0.1) is 0 Å². The molecule has 19 heavy (non-hydrogen) atoms. The molecule has 110 valence electrons. The van der Waals surface area contributed by atoms with E-state index in [0.29, 0.717) is 0 Å². The predicted octanol–water partition coefficient (Wildman–Crippen LogP) is -0.545. The summed E-state index contributed by atoms with van der Waals surface area (Å²) in [5.41, 5.74) is 2.17. The number of carbonyl (C=O) groups is 1. The first kappa shape index (κ1) is 14.7. The summed E-state index contributed by atoms with van der Waals surface area (Å²) in [4.78, 5) is 13.9. The zero-order chi connectivity index (χ0) is 13.7. The van der Waals surface area contributed by atoms with E-state index in [2.05, 4.69) is 15.6 Å². The number of carbonyl (C=O) groups excluding carboxylic acids is 1. The molecule has 2 aliphatic rings. The maximum Gasteiger partial charge on any atom is 0.263 e. The molecule has 0 aromatic heterocycles. The van der Waals surface area contributed by atoms with Gasteiger partial charge in [0.25, 0.3) is 5.91 Å². The van der Waals surface area contributed by atoms with Crippen LogP contribution >= 0.6 is 0 Å². The number of likely N-dealkylation sites (tertiary alicyclic amines) is 1. The van der Waals surface area contributed by atoms with Crippen molar-refractivity contribution in [1.82, 2.24) is 15.6 Å². The lowest BCUT2D eigenvalue weighted by molar-refractivity contribution is -0.132. The summed E-state index contributed by atoms with van der Waals surface area (Å²) < 4.78 is 5.76. The van der Waals surface area contributed by atoms with E-state index in [1.807, 2.05) is 7.05 Å². The van der Waals surface area contributed by atoms with Gasteiger partial charge >= 0.3 is 0 Å². The van der Waals surface area contributed by atoms with Crippen molar-refractivity contribution in [2.75, 3.05) is 33.2 Å². The lowest BCUT2D eigenvalue weighted by atomic mass is 9.97. The zero-order valence-corrected chi connectivity index (χ0v) is 11.7. The van der Waals surface area contributed by atoms with Crippen molar-refractivity contribution in [1.29, 1.82) is 0 Å². The van der Waals surface area contributed by atoms with Crippen LogP contribution in [0.2, 0.25) is 0 Å². The highest BCUT2D eigenvalue weighted by molar-refractivity contribution is 5.80. The van der Waals surface area contributed by atoms with E-state index in [-0.39, 0.29) is 18.1 Å². The Labute approximate surface area is 115 Å². The smallest absolute Gasteiger partial charge is 0.263 e. The van der Waals surface area contributed by atoms with Crippen LogP contribution in [0.25, 0.3) is 0 Å². The van der Waals surface area contributed by atoms with E-state index in [0.717, 1.165) is 44.9 Å². The molecule has 0 bridgehead atoms. The van der Waals surface area contributed by atoms with Crippen molar-refractivity contribution < 1.29 is 9.53 Å². The second-order valence-electron chi connectivity index (χ2n) is 5.66. The molecule has 0 aromatic rings. The van der Waals surface area contributed by atoms with Crippen LogP contribution in [-0.4, -0.2) is 56.2 Å². The summed E-state index contributed by atoms with van der Waals surface area (Å²) >= 11 is 0. The predicted molar refractivity (Wildman–Crippen MR) is 73.3 cm³/mol. The molecule has 4 N–H and O–H groups in total. The molecule has 2 fully saturated rings. The summed E-state index contributed by atoms with van der Waals surface area (Å²) in [6.45, 7) is 4.30. The van der Waals surface area contributed by atoms with Crippen LogP contribution in [0.15, 0.2) is 0 Å². The summed E-state index contributed by atoms with van der Waals surface area (Å²) in [5.74, 6) is 5.68. The Morgan fingerprint density at radius 2 is 2.26 bits per heavy atom. The largest absolute Gasteiger partial charge is 0.364 e. The number of hydrazine groups is 1. The number of nitrogens with zero attached hydrogens (tertiary/aromatic N) is 1. The number of ether oxygens (including phenoxy) is 1. The first-order valence-corrected chi connectivity index (χ1v) is 7.25. The van der Waals surface area contributed by atoms with Gasteiger partial charge < -0.3 is 15.0 Å². The summed E-state index contributed by atoms with van der Waals surface area (Å²) in [6.07, 6.45) is 4.11. The van der Waals surface area contributed by atoms with E-state index in [1.54, 1.807) is 0 Å². The standard InChI is InChI=1S/C13H26N4O2/c1-15-7-10-3-2-6-17(8-10)9-11-4-5-12(19-11)13(18)16-14/h10-12,15H,2-9,14H2,1H3,(H,16,18). The van der Waals surface area contributed by atoms with Gasteiger partial charge in [0, 0.05) is 13.1 Å². The monoisotopic (exact) mass is 270 g/mol. The molecule has 0 radical (unpaired) electrons. The lowest BCUT2D eigenvalue weighted by Gasteiger charge is -2.34. The van der Waals surface area contributed by atoms with Gasteiger partial charge in [-0.3, -0.25) is 10.2 Å². The van der Waals surface area contributed by atoms with Crippen molar-refractivity contribution in [3.8, 4) is 0 Å². The van der Waals surface area contributed by atoms with Crippen molar-refractivity contribution in [3.63, 3.8) is 0 Å². The third kappa shape index (κ3) is 4.14. The minimum absolute atomic E-state index is 0.177. The molecule has 0 aliphatic carbocycles. The summed E-state index contributed by atoms with van der Waals surface area (Å²) in [6, 6.07) is 0. The van der Waals surface area contributed by atoms with Gasteiger partial charge in [-0.2, -0.15) is 0 Å². The van der Waals surface area contributed by atoms with E-state index in [9.17, 15) is 4.79 Å². The highest BCUT2D eigenvalue weighted by Gasteiger charge is 2.32. The van der Waals surface area contributed by atoms with Crippen LogP contribution < -0.4 is 16.6 Å². The third-order valence-electron chi connectivity index (χ3n) is 4.10. The molecule has 1 amide bonds. The fourth-order valence-electron chi connectivity index (χ4n) is 3.19. The van der Waals surface area contributed by atoms with Gasteiger partial charge in [0.15, 0.2) is 0 Å². The molecule has 0 spiro atoms. The molecular weight excluding hydrogens is 244 g/mol. The molecule has 3 atom stereocenters.